The van der Waals surface area contributed by atoms with Crippen molar-refractivity contribution in [1.29, 1.82) is 0 Å². The molecule has 2 fully saturated rings. The quantitative estimate of drug-likeness (QED) is 0.0208. The molecule has 12 rings (SSSR count). The van der Waals surface area contributed by atoms with E-state index in [4.69, 9.17) is 40.3 Å². The molecule has 8 aromatic carbocycles. The van der Waals surface area contributed by atoms with Gasteiger partial charge in [0.25, 0.3) is 43.7 Å². The molecule has 0 aromatic heterocycles. The first-order valence-electron chi connectivity index (χ1n) is 39.0. The fraction of sp³-hybridized carbons (Fsp3) is 0.345. The average Bonchev–Trinajstić information content (AvgIpc) is 1.28. The normalized spacial score (nSPS) is 15.8. The number of unbranched alkanes of at least 4 members (excludes halogenated alkanes) is 11. The van der Waals surface area contributed by atoms with Crippen molar-refractivity contribution in [2.24, 2.45) is 9.98 Å². The molecule has 0 bridgehead atoms. The number of anilines is 2. The molecule has 3 atom stereocenters. The first-order valence-corrected chi connectivity index (χ1v) is 42.2. The van der Waals surface area contributed by atoms with Crippen LogP contribution in [0.3, 0.4) is 0 Å². The van der Waals surface area contributed by atoms with Gasteiger partial charge in [0, 0.05) is 31.1 Å². The summed E-state index contributed by atoms with van der Waals surface area (Å²) < 4.78 is 88.3. The van der Waals surface area contributed by atoms with Crippen LogP contribution in [0.2, 0.25) is 5.02 Å². The van der Waals surface area contributed by atoms with E-state index in [9.17, 15) is 45.6 Å². The lowest BCUT2D eigenvalue weighted by Gasteiger charge is -2.35. The van der Waals surface area contributed by atoms with Gasteiger partial charge >= 0.3 is 18.0 Å². The van der Waals surface area contributed by atoms with E-state index in [1.807, 2.05) is 68.4 Å². The Kier molecular flexibility index (Phi) is 29.6. The number of benzene rings is 8. The maximum absolute atomic E-state index is 15.1. The van der Waals surface area contributed by atoms with Crippen molar-refractivity contribution in [3.05, 3.63) is 233 Å². The van der Waals surface area contributed by atoms with Crippen molar-refractivity contribution in [1.82, 2.24) is 28.2 Å². The van der Waals surface area contributed by atoms with Gasteiger partial charge in [-0.1, -0.05) is 222 Å². The molecular weight excluding hydrogens is 1540 g/mol. The van der Waals surface area contributed by atoms with Gasteiger partial charge in [-0.3, -0.25) is 28.4 Å². The number of amides is 8. The zero-order valence-electron chi connectivity index (χ0n) is 65.9. The van der Waals surface area contributed by atoms with Gasteiger partial charge in [-0.15, -0.1) is 0 Å². The molecule has 4 heterocycles. The Hall–Kier alpha value is -11.5. The molecule has 3 unspecified atom stereocenters. The second kappa shape index (κ2) is 40.2. The molecule has 4 aliphatic rings. The third kappa shape index (κ3) is 20.6. The topological polar surface area (TPSA) is 302 Å². The molecule has 0 radical (unpaired) electrons. The van der Waals surface area contributed by atoms with E-state index in [1.165, 1.54) is 124 Å². The second-order valence-corrected chi connectivity index (χ2v) is 32.4. The number of urea groups is 2. The molecule has 0 saturated carbocycles. The summed E-state index contributed by atoms with van der Waals surface area (Å²) in [4.78, 5) is 113. The number of para-hydroxylation sites is 2. The number of imide groups is 2. The predicted molar refractivity (Wildman–Crippen MR) is 442 cm³/mol. The summed E-state index contributed by atoms with van der Waals surface area (Å²) in [5.74, 6) is -3.78. The number of methoxy groups -OCH3 is 2. The second-order valence-electron chi connectivity index (χ2n) is 28.3. The highest BCUT2D eigenvalue weighted by molar-refractivity contribution is 7.90. The van der Waals surface area contributed by atoms with Crippen molar-refractivity contribution in [2.45, 2.75) is 159 Å². The first-order chi connectivity index (χ1) is 56.1. The van der Waals surface area contributed by atoms with E-state index in [0.29, 0.717) is 28.2 Å². The van der Waals surface area contributed by atoms with Gasteiger partial charge in [0.15, 0.2) is 23.8 Å². The number of nitrogens with zero attached hydrogens (tertiary/aromatic N) is 8. The number of hydrogen-bond acceptors (Lipinski definition) is 18. The van der Waals surface area contributed by atoms with Crippen molar-refractivity contribution < 1.29 is 74.1 Å². The molecule has 0 spiro atoms. The van der Waals surface area contributed by atoms with Crippen molar-refractivity contribution in [3.8, 4) is 17.2 Å². The molecule has 26 nitrogen and oxygen atoms in total. The van der Waals surface area contributed by atoms with Crippen LogP contribution in [0.1, 0.15) is 135 Å². The van der Waals surface area contributed by atoms with Crippen LogP contribution in [0.25, 0.3) is 0 Å². The number of carbonyl (C=O) groups is 7. The largest absolute Gasteiger partial charge is 0.495 e. The smallest absolute Gasteiger partial charge is 0.338 e. The molecule has 8 amide bonds. The highest BCUT2D eigenvalue weighted by Gasteiger charge is 2.55. The fourth-order valence-corrected chi connectivity index (χ4v) is 17.5. The fourth-order valence-electron chi connectivity index (χ4n) is 14.1. The summed E-state index contributed by atoms with van der Waals surface area (Å²) in [6, 6.07) is 48.1. The third-order valence-corrected chi connectivity index (χ3v) is 23.8. The highest BCUT2D eigenvalue weighted by atomic mass is 35.5. The van der Waals surface area contributed by atoms with Crippen molar-refractivity contribution >= 4 is 108 Å². The molecule has 4 aliphatic heterocycles. The molecular formula is C87H97ClN10O16S2. The summed E-state index contributed by atoms with van der Waals surface area (Å²) in [6.45, 7) is 7.43. The minimum Gasteiger partial charge on any atom is -0.495 e. The number of carbonyl (C=O) groups excluding carboxylic acids is 7. The number of nitrogens with one attached hydrogen (secondary N) is 2. The van der Waals surface area contributed by atoms with Crippen LogP contribution in [0, 0.1) is 13.8 Å². The number of rotatable bonds is 37. The van der Waals surface area contributed by atoms with Gasteiger partial charge in [-0.2, -0.15) is 0 Å². The minimum absolute atomic E-state index is 0.0122. The number of ether oxygens (including phenoxy) is 5. The Morgan fingerprint density at radius 2 is 1.01 bits per heavy atom. The summed E-state index contributed by atoms with van der Waals surface area (Å²) >= 11 is 6.25. The van der Waals surface area contributed by atoms with E-state index in [1.54, 1.807) is 97.9 Å². The Labute approximate surface area is 682 Å². The number of amidine groups is 2. The van der Waals surface area contributed by atoms with Crippen LogP contribution < -0.4 is 24.8 Å². The third-order valence-electron chi connectivity index (χ3n) is 19.9. The number of hydrogen-bond donors (Lipinski definition) is 2. The van der Waals surface area contributed by atoms with Gasteiger partial charge in [-0.05, 0) is 116 Å². The van der Waals surface area contributed by atoms with Crippen LogP contribution in [0.4, 0.5) is 32.3 Å². The van der Waals surface area contributed by atoms with E-state index in [-0.39, 0.29) is 119 Å². The summed E-state index contributed by atoms with van der Waals surface area (Å²) in [5, 5.41) is 5.75. The first kappa shape index (κ1) is 85.4. The standard InChI is InChI=1S/C50H61N5O9S.C37H36ClN5O7S/c1-4-6-7-8-9-10-11-12-13-14-15-24-33-64-49(58)39-31-32-42(62-3)41(34-39)52-46(56)44(55-47(57)48(63-5-2)53(50(55)59)35-37-25-18-16-19-26-37)45-51-40-29-22-23-30-43(40)65(60,61)54(45)36-38-27-20-17-21-28-38;1-24-14-16-30(25(2)20-24)50-19-9-18-42-35(39-28-12-7-8-13-32(28)51(42,47)48)34(36(45)40-29-21-27(38)15-17-31(29)49-3)43-33(44)23-41(37(43)46)22-26-10-5-4-6-11-26/h16-23,25-32,34,44,48H,4-15,24,33,35-36H2,1-3H3,(H,52,56);4-8,10-17,20-21,34H,9,18-19,22-23H2,1-3H3,(H,40,45). The SMILES string of the molecule is CCCCCCCCCCCCCCOC(=O)c1ccc(OC)c(NC(=O)C(C2=Nc3ccccc3S(=O)(=O)N2Cc2ccccc2)N2C(=O)C(OCC)N(Cc3ccccc3)C2=O)c1.COc1ccc(Cl)cc1NC(=O)C(C1=Nc2ccccc2S(=O)(=O)N1CCCOc1ccc(C)cc1C)N1C(=O)CN(Cc2ccccc2)C1=O. The summed E-state index contributed by atoms with van der Waals surface area (Å²) in [7, 11) is -5.99. The van der Waals surface area contributed by atoms with Crippen LogP contribution in [0.15, 0.2) is 214 Å². The van der Waals surface area contributed by atoms with Crippen LogP contribution in [-0.2, 0) is 68.3 Å². The lowest BCUT2D eigenvalue weighted by Crippen LogP contribution is -2.58. The van der Waals surface area contributed by atoms with Gasteiger partial charge in [0.1, 0.15) is 33.6 Å². The lowest BCUT2D eigenvalue weighted by molar-refractivity contribution is -0.144. The Morgan fingerprint density at radius 3 is 1.57 bits per heavy atom. The van der Waals surface area contributed by atoms with Gasteiger partial charge < -0.3 is 39.2 Å². The number of fused-ring (bicyclic) bond motifs is 2. The molecule has 8 aromatic rings. The maximum atomic E-state index is 15.1. The monoisotopic (exact) mass is 1640 g/mol. The highest BCUT2D eigenvalue weighted by Crippen LogP contribution is 2.40. The van der Waals surface area contributed by atoms with Gasteiger partial charge in [-0.25, -0.2) is 55.3 Å². The zero-order valence-corrected chi connectivity index (χ0v) is 68.2. The lowest BCUT2D eigenvalue weighted by atomic mass is 10.1. The minimum atomic E-state index is -4.44. The van der Waals surface area contributed by atoms with Gasteiger partial charge in [0.05, 0.1) is 68.8 Å². The van der Waals surface area contributed by atoms with Gasteiger partial charge in [0.2, 0.25) is 6.23 Å². The number of sulfonamides is 2. The summed E-state index contributed by atoms with van der Waals surface area (Å²) in [6.07, 6.45) is 12.8. The molecule has 610 valence electrons. The molecule has 116 heavy (non-hydrogen) atoms. The number of esters is 1. The number of aryl methyl sites for hydroxylation is 2. The Balaban J connectivity index is 0.000000235. The maximum Gasteiger partial charge on any atom is 0.338 e. The molecule has 29 heteroatoms. The van der Waals surface area contributed by atoms with E-state index in [0.717, 1.165) is 49.5 Å². The molecule has 2 N–H and O–H groups in total. The van der Waals surface area contributed by atoms with E-state index >= 15 is 4.79 Å². The van der Waals surface area contributed by atoms with Crippen LogP contribution in [-0.4, -0.2) is 164 Å². The van der Waals surface area contributed by atoms with Crippen LogP contribution in [0.5, 0.6) is 17.2 Å². The number of halogens is 1. The molecule has 0 aliphatic carbocycles. The summed E-state index contributed by atoms with van der Waals surface area (Å²) in [5.41, 5.74) is 4.36. The van der Waals surface area contributed by atoms with Crippen LogP contribution >= 0.6 is 11.6 Å². The van der Waals surface area contributed by atoms with Crippen molar-refractivity contribution in [3.63, 3.8) is 0 Å². The Bertz CT molecular complexity index is 5140. The van der Waals surface area contributed by atoms with Crippen molar-refractivity contribution in [2.75, 3.05) is 57.8 Å². The Morgan fingerprint density at radius 1 is 0.517 bits per heavy atom. The average molecular weight is 1640 g/mol. The molecule has 2 saturated heterocycles. The zero-order chi connectivity index (χ0) is 82.5. The van der Waals surface area contributed by atoms with E-state index in [2.05, 4.69) is 22.5 Å². The predicted octanol–water partition coefficient (Wildman–Crippen LogP) is 15.6. The van der Waals surface area contributed by atoms with E-state index < -0.39 is 85.9 Å². The number of aliphatic imine (C=N–C) groups is 2.